The number of benzene rings is 2. The molecule has 1 aliphatic carbocycles. The van der Waals surface area contributed by atoms with Gasteiger partial charge in [-0.2, -0.15) is 0 Å². The van der Waals surface area contributed by atoms with E-state index in [4.69, 9.17) is 9.47 Å². The Labute approximate surface area is 136 Å². The summed E-state index contributed by atoms with van der Waals surface area (Å²) in [5, 5.41) is 2.97. The highest BCUT2D eigenvalue weighted by Gasteiger charge is 2.14. The standard InChI is InChI=1S/C19H21NO3/c1-22-15-8-5-9-16(12-15)23-13-19(21)20-18-11-4-7-14-6-2-3-10-17(14)18/h4-5,7-9,11-12H,2-3,6,10,13H2,1H3,(H,20,21). The predicted octanol–water partition coefficient (Wildman–Crippen LogP) is 3.59. The molecule has 4 nitrogen and oxygen atoms in total. The Bertz CT molecular complexity index is 697. The number of anilines is 1. The van der Waals surface area contributed by atoms with Gasteiger partial charge in [0.05, 0.1) is 7.11 Å². The number of carbonyl (C=O) groups is 1. The third-order valence-electron chi connectivity index (χ3n) is 4.08. The van der Waals surface area contributed by atoms with Crippen LogP contribution >= 0.6 is 0 Å². The maximum Gasteiger partial charge on any atom is 0.262 e. The molecule has 3 rings (SSSR count). The average Bonchev–Trinajstić information content (AvgIpc) is 2.60. The van der Waals surface area contributed by atoms with Gasteiger partial charge in [-0.3, -0.25) is 4.79 Å². The minimum absolute atomic E-state index is 0.0170. The summed E-state index contributed by atoms with van der Waals surface area (Å²) in [6.45, 7) is -0.0170. The molecule has 4 heteroatoms. The van der Waals surface area contributed by atoms with Crippen molar-refractivity contribution in [2.45, 2.75) is 25.7 Å². The number of rotatable bonds is 5. The summed E-state index contributed by atoms with van der Waals surface area (Å²) in [5.74, 6) is 1.18. The van der Waals surface area contributed by atoms with Crippen LogP contribution in [0.25, 0.3) is 0 Å². The Morgan fingerprint density at radius 1 is 1.09 bits per heavy atom. The largest absolute Gasteiger partial charge is 0.497 e. The Morgan fingerprint density at radius 3 is 2.74 bits per heavy atom. The van der Waals surface area contributed by atoms with Crippen LogP contribution < -0.4 is 14.8 Å². The van der Waals surface area contributed by atoms with Crippen molar-refractivity contribution in [2.24, 2.45) is 0 Å². The van der Waals surface area contributed by atoms with Gasteiger partial charge in [0.25, 0.3) is 5.91 Å². The lowest BCUT2D eigenvalue weighted by Crippen LogP contribution is -2.21. The Morgan fingerprint density at radius 2 is 1.87 bits per heavy atom. The van der Waals surface area contributed by atoms with E-state index in [-0.39, 0.29) is 12.5 Å². The van der Waals surface area contributed by atoms with E-state index in [0.717, 1.165) is 18.5 Å². The molecule has 2 aromatic rings. The number of hydrogen-bond acceptors (Lipinski definition) is 3. The van der Waals surface area contributed by atoms with Gasteiger partial charge >= 0.3 is 0 Å². The number of fused-ring (bicyclic) bond motifs is 1. The molecule has 0 atom stereocenters. The molecule has 0 radical (unpaired) electrons. The lowest BCUT2D eigenvalue weighted by Gasteiger charge is -2.19. The Hall–Kier alpha value is -2.49. The van der Waals surface area contributed by atoms with E-state index in [1.165, 1.54) is 24.0 Å². The van der Waals surface area contributed by atoms with Crippen LogP contribution in [0, 0.1) is 0 Å². The fraction of sp³-hybridized carbons (Fsp3) is 0.316. The van der Waals surface area contributed by atoms with E-state index < -0.39 is 0 Å². The molecule has 23 heavy (non-hydrogen) atoms. The third kappa shape index (κ3) is 3.83. The lowest BCUT2D eigenvalue weighted by molar-refractivity contribution is -0.118. The molecular weight excluding hydrogens is 290 g/mol. The summed E-state index contributed by atoms with van der Waals surface area (Å²) >= 11 is 0. The zero-order valence-corrected chi connectivity index (χ0v) is 13.3. The zero-order chi connectivity index (χ0) is 16.1. The molecule has 1 aliphatic rings. The summed E-state index contributed by atoms with van der Waals surface area (Å²) in [7, 11) is 1.60. The van der Waals surface area contributed by atoms with Crippen LogP contribution in [0.4, 0.5) is 5.69 Å². The van der Waals surface area contributed by atoms with Crippen molar-refractivity contribution >= 4 is 11.6 Å². The fourth-order valence-electron chi connectivity index (χ4n) is 2.92. The second-order valence-corrected chi connectivity index (χ2v) is 5.67. The van der Waals surface area contributed by atoms with Gasteiger partial charge in [0, 0.05) is 11.8 Å². The molecule has 0 saturated heterocycles. The molecule has 0 unspecified atom stereocenters. The van der Waals surface area contributed by atoms with Crippen molar-refractivity contribution in [1.29, 1.82) is 0 Å². The fourth-order valence-corrected chi connectivity index (χ4v) is 2.92. The molecule has 120 valence electrons. The first-order valence-corrected chi connectivity index (χ1v) is 7.94. The molecule has 0 aliphatic heterocycles. The first kappa shape index (κ1) is 15.4. The van der Waals surface area contributed by atoms with Crippen LogP contribution in [0.2, 0.25) is 0 Å². The monoisotopic (exact) mass is 311 g/mol. The van der Waals surface area contributed by atoms with Gasteiger partial charge < -0.3 is 14.8 Å². The van der Waals surface area contributed by atoms with Crippen molar-refractivity contribution < 1.29 is 14.3 Å². The second-order valence-electron chi connectivity index (χ2n) is 5.67. The highest BCUT2D eigenvalue weighted by atomic mass is 16.5. The predicted molar refractivity (Wildman–Crippen MR) is 90.2 cm³/mol. The van der Waals surface area contributed by atoms with Gasteiger partial charge in [-0.25, -0.2) is 0 Å². The summed E-state index contributed by atoms with van der Waals surface area (Å²) < 4.78 is 10.7. The van der Waals surface area contributed by atoms with Crippen LogP contribution in [0.1, 0.15) is 24.0 Å². The number of methoxy groups -OCH3 is 1. The van der Waals surface area contributed by atoms with E-state index in [1.807, 2.05) is 24.3 Å². The second kappa shape index (κ2) is 7.18. The minimum atomic E-state index is -0.146. The topological polar surface area (TPSA) is 47.6 Å². The SMILES string of the molecule is COc1cccc(OCC(=O)Nc2cccc3c2CCCC3)c1. The molecule has 0 saturated carbocycles. The van der Waals surface area contributed by atoms with Crippen molar-refractivity contribution in [3.05, 3.63) is 53.6 Å². The Balaban J connectivity index is 1.61. The molecule has 0 spiro atoms. The summed E-state index contributed by atoms with van der Waals surface area (Å²) in [6, 6.07) is 13.4. The van der Waals surface area contributed by atoms with Crippen LogP contribution in [-0.4, -0.2) is 19.6 Å². The zero-order valence-electron chi connectivity index (χ0n) is 13.3. The van der Waals surface area contributed by atoms with Gasteiger partial charge in [-0.05, 0) is 55.0 Å². The highest BCUT2D eigenvalue weighted by molar-refractivity contribution is 5.92. The maximum atomic E-state index is 12.2. The minimum Gasteiger partial charge on any atom is -0.497 e. The number of nitrogens with one attached hydrogen (secondary N) is 1. The van der Waals surface area contributed by atoms with Crippen molar-refractivity contribution in [1.82, 2.24) is 0 Å². The first-order chi connectivity index (χ1) is 11.3. The molecule has 0 fully saturated rings. The van der Waals surface area contributed by atoms with E-state index in [1.54, 1.807) is 19.2 Å². The number of aryl methyl sites for hydroxylation is 1. The molecular formula is C19H21NO3. The molecule has 1 N–H and O–H groups in total. The number of hydrogen-bond donors (Lipinski definition) is 1. The normalized spacial score (nSPS) is 13.1. The van der Waals surface area contributed by atoms with Gasteiger partial charge in [0.1, 0.15) is 11.5 Å². The number of amides is 1. The molecule has 2 aromatic carbocycles. The van der Waals surface area contributed by atoms with Crippen LogP contribution in [-0.2, 0) is 17.6 Å². The van der Waals surface area contributed by atoms with Crippen LogP contribution in [0.3, 0.4) is 0 Å². The van der Waals surface area contributed by atoms with E-state index >= 15 is 0 Å². The average molecular weight is 311 g/mol. The third-order valence-corrected chi connectivity index (χ3v) is 4.08. The summed E-state index contributed by atoms with van der Waals surface area (Å²) in [6.07, 6.45) is 4.53. The van der Waals surface area contributed by atoms with Crippen LogP contribution in [0.15, 0.2) is 42.5 Å². The maximum absolute atomic E-state index is 12.2. The van der Waals surface area contributed by atoms with Gasteiger partial charge in [-0.15, -0.1) is 0 Å². The van der Waals surface area contributed by atoms with E-state index in [0.29, 0.717) is 11.5 Å². The van der Waals surface area contributed by atoms with Gasteiger partial charge in [-0.1, -0.05) is 18.2 Å². The molecule has 0 heterocycles. The lowest BCUT2D eigenvalue weighted by atomic mass is 9.90. The van der Waals surface area contributed by atoms with Crippen molar-refractivity contribution in [3.63, 3.8) is 0 Å². The van der Waals surface area contributed by atoms with E-state index in [2.05, 4.69) is 11.4 Å². The Kier molecular flexibility index (Phi) is 4.81. The molecule has 0 bridgehead atoms. The number of ether oxygens (including phenoxy) is 2. The molecule has 1 amide bonds. The van der Waals surface area contributed by atoms with Crippen molar-refractivity contribution in [2.75, 3.05) is 19.0 Å². The summed E-state index contributed by atoms with van der Waals surface area (Å²) in [5.41, 5.74) is 3.54. The quantitative estimate of drug-likeness (QED) is 0.918. The van der Waals surface area contributed by atoms with Gasteiger partial charge in [0.15, 0.2) is 6.61 Å². The van der Waals surface area contributed by atoms with Crippen molar-refractivity contribution in [3.8, 4) is 11.5 Å². The van der Waals surface area contributed by atoms with Crippen LogP contribution in [0.5, 0.6) is 11.5 Å². The summed E-state index contributed by atoms with van der Waals surface area (Å²) in [4.78, 5) is 12.2. The first-order valence-electron chi connectivity index (χ1n) is 7.94. The van der Waals surface area contributed by atoms with Gasteiger partial charge in [0.2, 0.25) is 0 Å². The smallest absolute Gasteiger partial charge is 0.262 e. The number of carbonyl (C=O) groups excluding carboxylic acids is 1. The van der Waals surface area contributed by atoms with E-state index in [9.17, 15) is 4.79 Å². The highest BCUT2D eigenvalue weighted by Crippen LogP contribution is 2.27. The molecule has 0 aromatic heterocycles.